The summed E-state index contributed by atoms with van der Waals surface area (Å²) in [7, 11) is 0. The summed E-state index contributed by atoms with van der Waals surface area (Å²) in [6, 6.07) is 8.82. The van der Waals surface area contributed by atoms with Crippen LogP contribution in [0.25, 0.3) is 16.7 Å². The lowest BCUT2D eigenvalue weighted by Crippen LogP contribution is -2.17. The number of benzene rings is 2. The van der Waals surface area contributed by atoms with Gasteiger partial charge in [-0.3, -0.25) is 4.57 Å². The van der Waals surface area contributed by atoms with E-state index in [1.54, 1.807) is 0 Å². The smallest absolute Gasteiger partial charge is 0.478 e. The molecule has 0 saturated heterocycles. The summed E-state index contributed by atoms with van der Waals surface area (Å²) < 4.78 is 41.5. The molecule has 0 aliphatic heterocycles. The van der Waals surface area contributed by atoms with Gasteiger partial charge in [0.15, 0.2) is 0 Å². The summed E-state index contributed by atoms with van der Waals surface area (Å²) in [6.07, 6.45) is -4.80. The number of hydrogen-bond acceptors (Lipinski definition) is 3. The van der Waals surface area contributed by atoms with Gasteiger partial charge in [-0.1, -0.05) is 0 Å². The summed E-state index contributed by atoms with van der Waals surface area (Å²) in [6.45, 7) is 0. The van der Waals surface area contributed by atoms with Crippen molar-refractivity contribution in [3.63, 3.8) is 0 Å². The van der Waals surface area contributed by atoms with Gasteiger partial charge in [-0.25, -0.2) is 9.59 Å². The zero-order valence-electron chi connectivity index (χ0n) is 11.8. The lowest BCUT2D eigenvalue weighted by atomic mass is 10.2. The third-order valence-electron chi connectivity index (χ3n) is 3.26. The van der Waals surface area contributed by atoms with Crippen LogP contribution in [0.2, 0.25) is 0 Å². The van der Waals surface area contributed by atoms with Crippen molar-refractivity contribution in [2.45, 2.75) is 6.36 Å². The molecule has 0 saturated carbocycles. The molecule has 24 heavy (non-hydrogen) atoms. The molecule has 3 rings (SSSR count). The van der Waals surface area contributed by atoms with E-state index in [0.29, 0.717) is 16.7 Å². The number of hydrogen-bond donors (Lipinski definition) is 2. The Morgan fingerprint density at radius 2 is 1.79 bits per heavy atom. The quantitative estimate of drug-likeness (QED) is 0.769. The first-order valence-corrected chi connectivity index (χ1v) is 6.59. The highest BCUT2D eigenvalue weighted by molar-refractivity contribution is 5.92. The summed E-state index contributed by atoms with van der Waals surface area (Å²) in [4.78, 5) is 25.5. The molecule has 6 nitrogen and oxygen atoms in total. The second kappa shape index (κ2) is 5.44. The molecular formula is C15H9F3N2O4. The first-order chi connectivity index (χ1) is 11.2. The van der Waals surface area contributed by atoms with Crippen molar-refractivity contribution in [1.82, 2.24) is 9.55 Å². The van der Waals surface area contributed by atoms with Crippen molar-refractivity contribution in [2.24, 2.45) is 0 Å². The van der Waals surface area contributed by atoms with Crippen LogP contribution < -0.4 is 10.4 Å². The van der Waals surface area contributed by atoms with E-state index < -0.39 is 23.8 Å². The van der Waals surface area contributed by atoms with Gasteiger partial charge < -0.3 is 14.8 Å². The largest absolute Gasteiger partial charge is 0.573 e. The van der Waals surface area contributed by atoms with E-state index in [0.717, 1.165) is 12.1 Å². The lowest BCUT2D eigenvalue weighted by molar-refractivity contribution is -0.274. The van der Waals surface area contributed by atoms with Crippen LogP contribution >= 0.6 is 0 Å². The number of nitrogens with one attached hydrogen (secondary N) is 1. The monoisotopic (exact) mass is 338 g/mol. The predicted octanol–water partition coefficient (Wildman–Crippen LogP) is 2.92. The average molecular weight is 338 g/mol. The summed E-state index contributed by atoms with van der Waals surface area (Å²) >= 11 is 0. The maximum absolute atomic E-state index is 12.2. The molecule has 9 heteroatoms. The molecule has 0 amide bonds. The van der Waals surface area contributed by atoms with Crippen molar-refractivity contribution >= 4 is 17.0 Å². The molecule has 2 N–H and O–H groups in total. The first-order valence-electron chi connectivity index (χ1n) is 6.59. The Bertz CT molecular complexity index is 971. The molecular weight excluding hydrogens is 329 g/mol. The maximum Gasteiger partial charge on any atom is 0.573 e. The van der Waals surface area contributed by atoms with Crippen LogP contribution in [0.4, 0.5) is 13.2 Å². The van der Waals surface area contributed by atoms with E-state index in [4.69, 9.17) is 5.11 Å². The van der Waals surface area contributed by atoms with Crippen molar-refractivity contribution in [3.8, 4) is 11.4 Å². The van der Waals surface area contributed by atoms with E-state index in [-0.39, 0.29) is 5.56 Å². The number of aromatic amines is 1. The number of halogens is 3. The van der Waals surface area contributed by atoms with Crippen molar-refractivity contribution in [3.05, 3.63) is 58.5 Å². The molecule has 124 valence electrons. The van der Waals surface area contributed by atoms with E-state index in [1.807, 2.05) is 0 Å². The minimum atomic E-state index is -4.80. The average Bonchev–Trinajstić information content (AvgIpc) is 2.81. The van der Waals surface area contributed by atoms with E-state index in [2.05, 4.69) is 9.72 Å². The Morgan fingerprint density at radius 3 is 2.38 bits per heavy atom. The molecule has 0 unspecified atom stereocenters. The normalized spacial score (nSPS) is 11.6. The SMILES string of the molecule is O=C(O)c1ccc2c(c1)[nH]c(=O)n2-c1ccc(OC(F)(F)F)cc1. The Kier molecular flexibility index (Phi) is 3.55. The van der Waals surface area contributed by atoms with Crippen LogP contribution in [0.3, 0.4) is 0 Å². The molecule has 0 spiro atoms. The summed E-state index contributed by atoms with van der Waals surface area (Å²) in [5.74, 6) is -1.55. The molecule has 2 aromatic carbocycles. The van der Waals surface area contributed by atoms with Crippen LogP contribution in [-0.4, -0.2) is 27.0 Å². The highest BCUT2D eigenvalue weighted by Gasteiger charge is 2.31. The van der Waals surface area contributed by atoms with Gasteiger partial charge in [0.2, 0.25) is 0 Å². The van der Waals surface area contributed by atoms with Gasteiger partial charge in [-0.15, -0.1) is 13.2 Å². The third kappa shape index (κ3) is 2.96. The highest BCUT2D eigenvalue weighted by Crippen LogP contribution is 2.24. The molecule has 0 fully saturated rings. The molecule has 0 aliphatic carbocycles. The van der Waals surface area contributed by atoms with Gasteiger partial charge >= 0.3 is 18.0 Å². The minimum absolute atomic E-state index is 0.00447. The molecule has 0 bridgehead atoms. The molecule has 0 radical (unpaired) electrons. The van der Waals surface area contributed by atoms with Gasteiger partial charge in [-0.2, -0.15) is 0 Å². The van der Waals surface area contributed by atoms with E-state index in [9.17, 15) is 22.8 Å². The van der Waals surface area contributed by atoms with Gasteiger partial charge in [0, 0.05) is 0 Å². The second-order valence-corrected chi connectivity index (χ2v) is 4.84. The molecule has 1 aromatic heterocycles. The predicted molar refractivity (Wildman–Crippen MR) is 77.5 cm³/mol. The van der Waals surface area contributed by atoms with Crippen molar-refractivity contribution in [2.75, 3.05) is 0 Å². The number of carboxylic acids is 1. The van der Waals surface area contributed by atoms with Gasteiger partial charge in [0.25, 0.3) is 0 Å². The number of fused-ring (bicyclic) bond motifs is 1. The van der Waals surface area contributed by atoms with Gasteiger partial charge in [0.05, 0.1) is 22.3 Å². The minimum Gasteiger partial charge on any atom is -0.478 e. The summed E-state index contributed by atoms with van der Waals surface area (Å²) in [5.41, 5.74) is 0.468. The van der Waals surface area contributed by atoms with Crippen molar-refractivity contribution < 1.29 is 27.8 Å². The van der Waals surface area contributed by atoms with Crippen LogP contribution in [0.5, 0.6) is 5.75 Å². The summed E-state index contributed by atoms with van der Waals surface area (Å²) in [5, 5.41) is 8.96. The zero-order valence-corrected chi connectivity index (χ0v) is 11.8. The first kappa shape index (κ1) is 15.7. The molecule has 1 heterocycles. The lowest BCUT2D eigenvalue weighted by Gasteiger charge is -2.09. The number of rotatable bonds is 3. The number of H-pyrrole nitrogens is 1. The Hall–Kier alpha value is -3.23. The van der Waals surface area contributed by atoms with Gasteiger partial charge in [-0.05, 0) is 42.5 Å². The van der Waals surface area contributed by atoms with E-state index in [1.165, 1.54) is 34.9 Å². The number of carbonyl (C=O) groups is 1. The van der Waals surface area contributed by atoms with Crippen LogP contribution in [0.1, 0.15) is 10.4 Å². The number of alkyl halides is 3. The molecule has 0 aliphatic rings. The Labute approximate surface area is 131 Å². The number of nitrogens with zero attached hydrogens (tertiary/aromatic N) is 1. The standard InChI is InChI=1S/C15H9F3N2O4/c16-15(17,18)24-10-4-2-9(3-5-10)20-12-6-1-8(13(21)22)7-11(12)19-14(20)23/h1-7H,(H,19,23)(H,21,22). The topological polar surface area (TPSA) is 84.3 Å². The zero-order chi connectivity index (χ0) is 17.5. The van der Waals surface area contributed by atoms with Gasteiger partial charge in [0.1, 0.15) is 5.75 Å². The molecule has 3 aromatic rings. The highest BCUT2D eigenvalue weighted by atomic mass is 19.4. The molecule has 0 atom stereocenters. The van der Waals surface area contributed by atoms with Crippen LogP contribution in [0.15, 0.2) is 47.3 Å². The maximum atomic E-state index is 12.2. The third-order valence-corrected chi connectivity index (χ3v) is 3.26. The fraction of sp³-hybridized carbons (Fsp3) is 0.0667. The van der Waals surface area contributed by atoms with Crippen LogP contribution in [0, 0.1) is 0 Å². The second-order valence-electron chi connectivity index (χ2n) is 4.84. The number of imidazole rings is 1. The number of carboxylic acid groups (broad SMARTS) is 1. The number of aromatic carboxylic acids is 1. The fourth-order valence-corrected chi connectivity index (χ4v) is 2.30. The van der Waals surface area contributed by atoms with Crippen molar-refractivity contribution in [1.29, 1.82) is 0 Å². The number of aromatic nitrogens is 2. The Morgan fingerprint density at radius 1 is 1.12 bits per heavy atom. The van der Waals surface area contributed by atoms with E-state index >= 15 is 0 Å². The van der Waals surface area contributed by atoms with Crippen LogP contribution in [-0.2, 0) is 0 Å². The Balaban J connectivity index is 2.04. The number of ether oxygens (including phenoxy) is 1. The fourth-order valence-electron chi connectivity index (χ4n) is 2.30.